The lowest BCUT2D eigenvalue weighted by molar-refractivity contribution is 0.114. The number of nitriles is 1. The van der Waals surface area contributed by atoms with Crippen LogP contribution in [0.4, 0.5) is 0 Å². The Labute approximate surface area is 60.1 Å². The van der Waals surface area contributed by atoms with E-state index in [1.165, 1.54) is 0 Å². The van der Waals surface area contributed by atoms with E-state index in [2.05, 4.69) is 0 Å². The van der Waals surface area contributed by atoms with Crippen molar-refractivity contribution in [2.75, 3.05) is 5.88 Å². The van der Waals surface area contributed by atoms with Crippen LogP contribution in [0.1, 0.15) is 13.8 Å². The molecule has 0 aromatic rings. The second kappa shape index (κ2) is 3.05. The van der Waals surface area contributed by atoms with Gasteiger partial charge in [-0.3, -0.25) is 0 Å². The molecule has 0 spiro atoms. The largest absolute Gasteiger partial charge is 0.378 e. The summed E-state index contributed by atoms with van der Waals surface area (Å²) < 4.78 is 0. The predicted octanol–water partition coefficient (Wildman–Crippen LogP) is 1.14. The first kappa shape index (κ1) is 8.74. The zero-order chi connectivity index (χ0) is 7.49. The van der Waals surface area contributed by atoms with Gasteiger partial charge in [0, 0.05) is 11.3 Å². The maximum atomic E-state index is 8.94. The molecule has 0 aromatic heterocycles. The van der Waals surface area contributed by atoms with Crippen molar-refractivity contribution < 1.29 is 5.11 Å². The quantitative estimate of drug-likeness (QED) is 0.470. The van der Waals surface area contributed by atoms with Gasteiger partial charge in [-0.15, -0.1) is 11.6 Å². The van der Waals surface area contributed by atoms with Crippen molar-refractivity contribution in [2.24, 2.45) is 5.41 Å². The van der Waals surface area contributed by atoms with Crippen molar-refractivity contribution in [3.8, 4) is 6.07 Å². The summed E-state index contributed by atoms with van der Waals surface area (Å²) in [7, 11) is 0. The van der Waals surface area contributed by atoms with Gasteiger partial charge in [-0.1, -0.05) is 13.8 Å². The summed E-state index contributed by atoms with van der Waals surface area (Å²) >= 11 is 5.46. The van der Waals surface area contributed by atoms with Crippen molar-refractivity contribution in [3.05, 3.63) is 0 Å². The minimum Gasteiger partial charge on any atom is -0.378 e. The van der Waals surface area contributed by atoms with Gasteiger partial charge in [0.1, 0.15) is 6.10 Å². The Balaban J connectivity index is 4.01. The number of nitrogens with zero attached hydrogens (tertiary/aromatic N) is 1. The number of aliphatic hydroxyl groups is 1. The van der Waals surface area contributed by atoms with Crippen LogP contribution in [0.2, 0.25) is 0 Å². The lowest BCUT2D eigenvalue weighted by Crippen LogP contribution is -2.29. The van der Waals surface area contributed by atoms with Crippen molar-refractivity contribution in [1.82, 2.24) is 0 Å². The van der Waals surface area contributed by atoms with Crippen LogP contribution in [0.15, 0.2) is 0 Å². The number of hydrogen-bond donors (Lipinski definition) is 1. The molecule has 3 heteroatoms. The molecule has 0 radical (unpaired) electrons. The average molecular weight is 148 g/mol. The molecule has 0 aromatic carbocycles. The molecule has 0 saturated carbocycles. The molecule has 9 heavy (non-hydrogen) atoms. The Hall–Kier alpha value is -0.260. The minimum absolute atomic E-state index is 0.293. The van der Waals surface area contributed by atoms with Gasteiger partial charge < -0.3 is 5.11 Å². The van der Waals surface area contributed by atoms with Crippen LogP contribution in [0.25, 0.3) is 0 Å². The SMILES string of the molecule is CC(C)(CCl)[C@H](O)C#N. The summed E-state index contributed by atoms with van der Waals surface area (Å²) in [6, 6.07) is 1.73. The van der Waals surface area contributed by atoms with E-state index in [9.17, 15) is 0 Å². The van der Waals surface area contributed by atoms with Crippen molar-refractivity contribution in [3.63, 3.8) is 0 Å². The fourth-order valence-electron chi connectivity index (χ4n) is 0.248. The van der Waals surface area contributed by atoms with Gasteiger partial charge >= 0.3 is 0 Å². The van der Waals surface area contributed by atoms with Gasteiger partial charge in [-0.05, 0) is 0 Å². The van der Waals surface area contributed by atoms with Crippen LogP contribution in [0.3, 0.4) is 0 Å². The smallest absolute Gasteiger partial charge is 0.146 e. The molecule has 0 fully saturated rings. The molecular formula is C6H10ClNO. The lowest BCUT2D eigenvalue weighted by atomic mass is 9.90. The van der Waals surface area contributed by atoms with Gasteiger partial charge in [0.15, 0.2) is 0 Å². The normalized spacial score (nSPS) is 14.6. The first-order valence-corrected chi connectivity index (χ1v) is 3.21. The highest BCUT2D eigenvalue weighted by atomic mass is 35.5. The number of halogens is 1. The Bertz CT molecular complexity index is 128. The number of alkyl halides is 1. The molecule has 1 N–H and O–H groups in total. The van der Waals surface area contributed by atoms with Crippen LogP contribution in [0, 0.1) is 16.7 Å². The van der Waals surface area contributed by atoms with Crippen LogP contribution in [-0.2, 0) is 0 Å². The van der Waals surface area contributed by atoms with Crippen LogP contribution in [0.5, 0.6) is 0 Å². The zero-order valence-corrected chi connectivity index (χ0v) is 6.31. The van der Waals surface area contributed by atoms with Gasteiger partial charge in [-0.2, -0.15) is 5.26 Å². The third kappa shape index (κ3) is 2.21. The second-order valence-electron chi connectivity index (χ2n) is 2.65. The third-order valence-corrected chi connectivity index (χ3v) is 1.90. The van der Waals surface area contributed by atoms with Crippen molar-refractivity contribution in [1.29, 1.82) is 5.26 Å². The third-order valence-electron chi connectivity index (χ3n) is 1.21. The fraction of sp³-hybridized carbons (Fsp3) is 0.833. The van der Waals surface area contributed by atoms with E-state index in [1.807, 2.05) is 0 Å². The molecule has 0 amide bonds. The van der Waals surface area contributed by atoms with Gasteiger partial charge in [0.25, 0.3) is 0 Å². The van der Waals surface area contributed by atoms with E-state index in [0.717, 1.165) is 0 Å². The molecular weight excluding hydrogens is 138 g/mol. The van der Waals surface area contributed by atoms with Crippen molar-refractivity contribution >= 4 is 11.6 Å². The zero-order valence-electron chi connectivity index (χ0n) is 5.56. The number of hydrogen-bond acceptors (Lipinski definition) is 2. The van der Waals surface area contributed by atoms with Crippen molar-refractivity contribution in [2.45, 2.75) is 20.0 Å². The molecule has 0 rings (SSSR count). The van der Waals surface area contributed by atoms with Crippen LogP contribution in [-0.4, -0.2) is 17.1 Å². The Morgan fingerprint density at radius 2 is 2.22 bits per heavy atom. The first-order valence-electron chi connectivity index (χ1n) is 2.68. The summed E-state index contributed by atoms with van der Waals surface area (Å²) in [6.45, 7) is 3.49. The van der Waals surface area contributed by atoms with E-state index in [-0.39, 0.29) is 0 Å². The molecule has 0 heterocycles. The van der Waals surface area contributed by atoms with Gasteiger partial charge in [-0.25, -0.2) is 0 Å². The second-order valence-corrected chi connectivity index (χ2v) is 2.92. The van der Waals surface area contributed by atoms with E-state index in [4.69, 9.17) is 22.0 Å². The highest BCUT2D eigenvalue weighted by Gasteiger charge is 2.26. The van der Waals surface area contributed by atoms with E-state index >= 15 is 0 Å². The molecule has 52 valence electrons. The standard InChI is InChI=1S/C6H10ClNO/c1-6(2,4-7)5(9)3-8/h5,9H,4H2,1-2H3/t5-/m1/s1. The Morgan fingerprint density at radius 1 is 1.78 bits per heavy atom. The van der Waals surface area contributed by atoms with E-state index < -0.39 is 11.5 Å². The molecule has 0 saturated heterocycles. The van der Waals surface area contributed by atoms with Gasteiger partial charge in [0.05, 0.1) is 6.07 Å². The molecule has 0 bridgehead atoms. The first-order chi connectivity index (χ1) is 4.04. The fourth-order valence-corrected chi connectivity index (χ4v) is 0.394. The number of aliphatic hydroxyl groups excluding tert-OH is 1. The van der Waals surface area contributed by atoms with E-state index in [1.54, 1.807) is 19.9 Å². The van der Waals surface area contributed by atoms with Crippen LogP contribution < -0.4 is 0 Å². The maximum absolute atomic E-state index is 8.94. The highest BCUT2D eigenvalue weighted by Crippen LogP contribution is 2.21. The summed E-state index contributed by atoms with van der Waals surface area (Å²) in [6.07, 6.45) is -0.963. The summed E-state index contributed by atoms with van der Waals surface area (Å²) in [5.41, 5.74) is -0.490. The lowest BCUT2D eigenvalue weighted by Gasteiger charge is -2.21. The Morgan fingerprint density at radius 3 is 2.33 bits per heavy atom. The summed E-state index contributed by atoms with van der Waals surface area (Å²) in [5, 5.41) is 17.2. The minimum atomic E-state index is -0.963. The van der Waals surface area contributed by atoms with Crippen LogP contribution >= 0.6 is 11.6 Å². The molecule has 0 unspecified atom stereocenters. The highest BCUT2D eigenvalue weighted by molar-refractivity contribution is 6.18. The monoisotopic (exact) mass is 147 g/mol. The summed E-state index contributed by atoms with van der Waals surface area (Å²) in [5.74, 6) is 0.293. The average Bonchev–Trinajstić information content (AvgIpc) is 1.86. The molecule has 0 aliphatic heterocycles. The predicted molar refractivity (Wildman–Crippen MR) is 36.1 cm³/mol. The van der Waals surface area contributed by atoms with Gasteiger partial charge in [0.2, 0.25) is 0 Å². The molecule has 0 aliphatic rings. The van der Waals surface area contributed by atoms with E-state index in [0.29, 0.717) is 5.88 Å². The summed E-state index contributed by atoms with van der Waals surface area (Å²) in [4.78, 5) is 0. The maximum Gasteiger partial charge on any atom is 0.146 e. The number of rotatable bonds is 2. The molecule has 0 aliphatic carbocycles. The molecule has 2 nitrogen and oxygen atoms in total. The molecule has 1 atom stereocenters. The Kier molecular flexibility index (Phi) is 2.96. The topological polar surface area (TPSA) is 44.0 Å².